The van der Waals surface area contributed by atoms with Crippen molar-refractivity contribution in [3.8, 4) is 0 Å². The zero-order chi connectivity index (χ0) is 21.6. The number of carbonyl (C=O) groups is 1. The highest BCUT2D eigenvalue weighted by atomic mass is 16.1. The van der Waals surface area contributed by atoms with Gasteiger partial charge in [-0.3, -0.25) is 4.79 Å². The first-order chi connectivity index (χ1) is 15.1. The number of hydrogen-bond donors (Lipinski definition) is 1. The van der Waals surface area contributed by atoms with Crippen molar-refractivity contribution in [1.82, 2.24) is 10.2 Å². The molecule has 0 radical (unpaired) electrons. The molecule has 1 amide bonds. The van der Waals surface area contributed by atoms with E-state index in [1.165, 1.54) is 43.2 Å². The summed E-state index contributed by atoms with van der Waals surface area (Å²) >= 11 is 0. The van der Waals surface area contributed by atoms with Crippen molar-refractivity contribution in [2.45, 2.75) is 58.5 Å². The van der Waals surface area contributed by atoms with E-state index in [9.17, 15) is 4.79 Å². The number of nitrogens with one attached hydrogen (secondary N) is 1. The summed E-state index contributed by atoms with van der Waals surface area (Å²) in [5.41, 5.74) is 3.93. The first-order valence-corrected chi connectivity index (χ1v) is 11.6. The minimum atomic E-state index is -0.0426. The van der Waals surface area contributed by atoms with Crippen molar-refractivity contribution in [2.75, 3.05) is 6.54 Å². The third kappa shape index (κ3) is 5.63. The molecule has 2 aromatic carbocycles. The van der Waals surface area contributed by atoms with Gasteiger partial charge in [0.1, 0.15) is 5.84 Å². The zero-order valence-corrected chi connectivity index (χ0v) is 18.7. The average Bonchev–Trinajstić information content (AvgIpc) is 2.78. The quantitative estimate of drug-likeness (QED) is 0.632. The van der Waals surface area contributed by atoms with E-state index in [1.54, 1.807) is 0 Å². The summed E-state index contributed by atoms with van der Waals surface area (Å²) in [5, 5.41) is 2.97. The number of benzene rings is 2. The first-order valence-electron chi connectivity index (χ1n) is 11.6. The second-order valence-corrected chi connectivity index (χ2v) is 9.07. The lowest BCUT2D eigenvalue weighted by Crippen LogP contribution is -2.36. The Morgan fingerprint density at radius 3 is 2.61 bits per heavy atom. The molecule has 1 saturated carbocycles. The Balaban J connectivity index is 1.61. The Hall–Kier alpha value is -2.88. The van der Waals surface area contributed by atoms with Gasteiger partial charge in [0.2, 0.25) is 0 Å². The molecule has 0 saturated heterocycles. The highest BCUT2D eigenvalue weighted by Crippen LogP contribution is 2.31. The SMILES string of the molecule is CC(C)NC(=O)c1ccc2c(c1)N=C(/C=C/c1ccccc1)N(CC1CCCCC1)C2. The van der Waals surface area contributed by atoms with E-state index in [1.807, 2.05) is 32.0 Å². The van der Waals surface area contributed by atoms with E-state index in [-0.39, 0.29) is 11.9 Å². The largest absolute Gasteiger partial charge is 0.352 e. The molecule has 4 heteroatoms. The van der Waals surface area contributed by atoms with Gasteiger partial charge in [0.25, 0.3) is 5.91 Å². The lowest BCUT2D eigenvalue weighted by molar-refractivity contribution is 0.0943. The second-order valence-electron chi connectivity index (χ2n) is 9.07. The molecular weight excluding hydrogens is 382 g/mol. The Kier molecular flexibility index (Phi) is 6.86. The molecule has 0 unspecified atom stereocenters. The predicted molar refractivity (Wildman–Crippen MR) is 129 cm³/mol. The highest BCUT2D eigenvalue weighted by Gasteiger charge is 2.23. The van der Waals surface area contributed by atoms with E-state index < -0.39 is 0 Å². The van der Waals surface area contributed by atoms with Crippen LogP contribution in [0.15, 0.2) is 59.6 Å². The zero-order valence-electron chi connectivity index (χ0n) is 18.7. The third-order valence-electron chi connectivity index (χ3n) is 6.12. The maximum absolute atomic E-state index is 12.5. The Morgan fingerprint density at radius 1 is 1.10 bits per heavy atom. The Morgan fingerprint density at radius 2 is 1.87 bits per heavy atom. The summed E-state index contributed by atoms with van der Waals surface area (Å²) < 4.78 is 0. The van der Waals surface area contributed by atoms with Gasteiger partial charge >= 0.3 is 0 Å². The number of fused-ring (bicyclic) bond motifs is 1. The number of amides is 1. The fraction of sp³-hybridized carbons (Fsp3) is 0.407. The van der Waals surface area contributed by atoms with E-state index in [2.05, 4.69) is 52.7 Å². The first kappa shape index (κ1) is 21.4. The summed E-state index contributed by atoms with van der Waals surface area (Å²) in [5.74, 6) is 1.68. The van der Waals surface area contributed by atoms with Crippen molar-refractivity contribution in [3.05, 3.63) is 71.3 Å². The summed E-state index contributed by atoms with van der Waals surface area (Å²) in [6.07, 6.45) is 10.9. The van der Waals surface area contributed by atoms with E-state index in [0.29, 0.717) is 5.56 Å². The number of nitrogens with zero attached hydrogens (tertiary/aromatic N) is 2. The Labute approximate surface area is 186 Å². The van der Waals surface area contributed by atoms with Crippen LogP contribution in [0.2, 0.25) is 0 Å². The van der Waals surface area contributed by atoms with Gasteiger partial charge < -0.3 is 10.2 Å². The topological polar surface area (TPSA) is 44.7 Å². The van der Waals surface area contributed by atoms with Gasteiger partial charge in [-0.2, -0.15) is 0 Å². The van der Waals surface area contributed by atoms with Crippen LogP contribution in [0.5, 0.6) is 0 Å². The minimum absolute atomic E-state index is 0.0426. The summed E-state index contributed by atoms with van der Waals surface area (Å²) in [6.45, 7) is 5.84. The van der Waals surface area contributed by atoms with Crippen LogP contribution in [0.3, 0.4) is 0 Å². The van der Waals surface area contributed by atoms with Gasteiger partial charge in [0.15, 0.2) is 0 Å². The van der Waals surface area contributed by atoms with Gasteiger partial charge in [-0.1, -0.05) is 61.7 Å². The molecule has 1 aliphatic carbocycles. The van der Waals surface area contributed by atoms with Crippen molar-refractivity contribution < 1.29 is 4.79 Å². The van der Waals surface area contributed by atoms with Crippen LogP contribution >= 0.6 is 0 Å². The van der Waals surface area contributed by atoms with Crippen LogP contribution in [-0.4, -0.2) is 29.2 Å². The fourth-order valence-corrected chi connectivity index (χ4v) is 4.49. The molecule has 0 aromatic heterocycles. The van der Waals surface area contributed by atoms with Gasteiger partial charge in [-0.15, -0.1) is 0 Å². The molecule has 4 rings (SSSR count). The second kappa shape index (κ2) is 9.95. The number of rotatable bonds is 6. The summed E-state index contributed by atoms with van der Waals surface area (Å²) in [4.78, 5) is 19.9. The summed E-state index contributed by atoms with van der Waals surface area (Å²) in [7, 11) is 0. The molecule has 0 atom stereocenters. The number of hydrogen-bond acceptors (Lipinski definition) is 3. The molecule has 4 nitrogen and oxygen atoms in total. The van der Waals surface area contributed by atoms with Gasteiger partial charge in [0.05, 0.1) is 5.69 Å². The average molecular weight is 416 g/mol. The molecule has 2 aliphatic rings. The van der Waals surface area contributed by atoms with Crippen molar-refractivity contribution >= 4 is 23.5 Å². The van der Waals surface area contributed by atoms with Crippen LogP contribution in [-0.2, 0) is 6.54 Å². The van der Waals surface area contributed by atoms with E-state index in [0.717, 1.165) is 30.5 Å². The lowest BCUT2D eigenvalue weighted by atomic mass is 9.88. The molecule has 162 valence electrons. The molecule has 1 heterocycles. The van der Waals surface area contributed by atoms with Crippen LogP contribution in [0.4, 0.5) is 5.69 Å². The lowest BCUT2D eigenvalue weighted by Gasteiger charge is -2.34. The van der Waals surface area contributed by atoms with Crippen LogP contribution in [0.25, 0.3) is 6.08 Å². The number of aliphatic imine (C=N–C) groups is 1. The van der Waals surface area contributed by atoms with Crippen molar-refractivity contribution in [2.24, 2.45) is 10.9 Å². The molecule has 0 spiro atoms. The van der Waals surface area contributed by atoms with Gasteiger partial charge in [0, 0.05) is 24.7 Å². The Bertz CT molecular complexity index is 956. The van der Waals surface area contributed by atoms with E-state index in [4.69, 9.17) is 4.99 Å². The van der Waals surface area contributed by atoms with Crippen molar-refractivity contribution in [1.29, 1.82) is 0 Å². The molecule has 1 fully saturated rings. The third-order valence-corrected chi connectivity index (χ3v) is 6.12. The predicted octanol–water partition coefficient (Wildman–Crippen LogP) is 5.96. The number of amidine groups is 1. The molecule has 1 N–H and O–H groups in total. The van der Waals surface area contributed by atoms with Crippen LogP contribution in [0, 0.1) is 5.92 Å². The molecule has 0 bridgehead atoms. The summed E-state index contributed by atoms with van der Waals surface area (Å²) in [6, 6.07) is 16.4. The minimum Gasteiger partial charge on any atom is -0.352 e. The van der Waals surface area contributed by atoms with Crippen LogP contribution < -0.4 is 5.32 Å². The molecule has 1 aliphatic heterocycles. The van der Waals surface area contributed by atoms with Gasteiger partial charge in [-0.25, -0.2) is 4.99 Å². The molecular formula is C27H33N3O. The maximum Gasteiger partial charge on any atom is 0.251 e. The maximum atomic E-state index is 12.5. The van der Waals surface area contributed by atoms with Gasteiger partial charge in [-0.05, 0) is 61.9 Å². The number of carbonyl (C=O) groups excluding carboxylic acids is 1. The fourth-order valence-electron chi connectivity index (χ4n) is 4.49. The normalized spacial score (nSPS) is 17.0. The molecule has 31 heavy (non-hydrogen) atoms. The van der Waals surface area contributed by atoms with Crippen molar-refractivity contribution in [3.63, 3.8) is 0 Å². The molecule has 2 aromatic rings. The van der Waals surface area contributed by atoms with Crippen LogP contribution in [0.1, 0.15) is 67.4 Å². The highest BCUT2D eigenvalue weighted by molar-refractivity contribution is 6.00. The van der Waals surface area contributed by atoms with E-state index >= 15 is 0 Å². The monoisotopic (exact) mass is 415 g/mol. The standard InChI is InChI=1S/C27H33N3O/c1-20(2)28-27(31)23-14-15-24-19-30(18-22-11-7-4-8-12-22)26(29-25(24)17-23)16-13-21-9-5-3-6-10-21/h3,5-6,9-10,13-17,20,22H,4,7-8,11-12,18-19H2,1-2H3,(H,28,31)/b16-13+. The smallest absolute Gasteiger partial charge is 0.251 e.